The molecule has 1 unspecified atom stereocenters. The van der Waals surface area contributed by atoms with Crippen LogP contribution in [0.15, 0.2) is 18.2 Å². The molecule has 0 aliphatic carbocycles. The third-order valence-corrected chi connectivity index (χ3v) is 4.04. The summed E-state index contributed by atoms with van der Waals surface area (Å²) in [5.74, 6) is 0.0872. The fourth-order valence-electron chi connectivity index (χ4n) is 2.58. The van der Waals surface area contributed by atoms with Crippen LogP contribution in [0.1, 0.15) is 31.2 Å². The topological polar surface area (TPSA) is 32.3 Å². The molecule has 1 N–H and O–H groups in total. The van der Waals surface area contributed by atoms with Crippen LogP contribution < -0.4 is 5.32 Å². The third kappa shape index (κ3) is 3.95. The number of nitrogens with one attached hydrogen (secondary N) is 1. The molecule has 1 aromatic rings. The van der Waals surface area contributed by atoms with Crippen LogP contribution in [0.2, 0.25) is 5.02 Å². The lowest BCUT2D eigenvalue weighted by Gasteiger charge is -2.32. The minimum atomic E-state index is 0.0872. The molecule has 0 bridgehead atoms. The van der Waals surface area contributed by atoms with Gasteiger partial charge in [0.15, 0.2) is 0 Å². The Labute approximate surface area is 119 Å². The van der Waals surface area contributed by atoms with Crippen LogP contribution in [0.4, 0.5) is 5.69 Å². The number of carbonyl (C=O) groups is 1. The van der Waals surface area contributed by atoms with E-state index in [1.54, 1.807) is 6.07 Å². The normalized spacial score (nSPS) is 20.3. The third-order valence-electron chi connectivity index (χ3n) is 3.81. The summed E-state index contributed by atoms with van der Waals surface area (Å²) in [6.45, 7) is 3.05. The Hall–Kier alpha value is -1.06. The summed E-state index contributed by atoms with van der Waals surface area (Å²) >= 11 is 5.91. The maximum Gasteiger partial charge on any atom is 0.225 e. The van der Waals surface area contributed by atoms with Crippen molar-refractivity contribution in [1.82, 2.24) is 4.90 Å². The number of hydrogen-bond donors (Lipinski definition) is 1. The van der Waals surface area contributed by atoms with Crippen molar-refractivity contribution in [3.8, 4) is 0 Å². The number of hydrogen-bond acceptors (Lipinski definition) is 2. The number of nitrogens with zero attached hydrogens (tertiary/aromatic N) is 1. The molecule has 0 aromatic heterocycles. The summed E-state index contributed by atoms with van der Waals surface area (Å²) in [4.78, 5) is 14.4. The fraction of sp³-hybridized carbons (Fsp3) is 0.533. The Balaban J connectivity index is 1.93. The number of aryl methyl sites for hydroxylation is 1. The Morgan fingerprint density at radius 2 is 2.26 bits per heavy atom. The molecule has 0 radical (unpaired) electrons. The lowest BCUT2D eigenvalue weighted by molar-refractivity contribution is -0.117. The number of carbonyl (C=O) groups excluding carboxylic acids is 1. The second-order valence-electron chi connectivity index (χ2n) is 5.34. The Bertz CT molecular complexity index is 461. The van der Waals surface area contributed by atoms with E-state index in [2.05, 4.69) is 17.3 Å². The average Bonchev–Trinajstić information content (AvgIpc) is 2.36. The van der Waals surface area contributed by atoms with Crippen molar-refractivity contribution in [2.45, 2.75) is 38.6 Å². The monoisotopic (exact) mass is 280 g/mol. The molecule has 0 spiro atoms. The summed E-state index contributed by atoms with van der Waals surface area (Å²) in [7, 11) is 2.10. The van der Waals surface area contributed by atoms with Crippen LogP contribution in [0.3, 0.4) is 0 Å². The predicted octanol–water partition coefficient (Wildman–Crippen LogP) is 3.46. The highest BCUT2D eigenvalue weighted by atomic mass is 35.5. The van der Waals surface area contributed by atoms with Crippen molar-refractivity contribution in [2.24, 2.45) is 0 Å². The van der Waals surface area contributed by atoms with Gasteiger partial charge < -0.3 is 10.2 Å². The van der Waals surface area contributed by atoms with Crippen LogP contribution in [0.5, 0.6) is 0 Å². The zero-order valence-electron chi connectivity index (χ0n) is 11.6. The molecule has 1 aliphatic rings. The molecule has 1 saturated heterocycles. The van der Waals surface area contributed by atoms with E-state index in [-0.39, 0.29) is 5.91 Å². The van der Waals surface area contributed by atoms with Gasteiger partial charge >= 0.3 is 0 Å². The molecule has 4 heteroatoms. The van der Waals surface area contributed by atoms with E-state index in [1.807, 2.05) is 19.1 Å². The van der Waals surface area contributed by atoms with Crippen LogP contribution in [0, 0.1) is 6.92 Å². The Morgan fingerprint density at radius 1 is 1.47 bits per heavy atom. The highest BCUT2D eigenvalue weighted by Gasteiger charge is 2.21. The summed E-state index contributed by atoms with van der Waals surface area (Å²) in [6, 6.07) is 5.90. The van der Waals surface area contributed by atoms with Crippen LogP contribution >= 0.6 is 11.6 Å². The van der Waals surface area contributed by atoms with Gasteiger partial charge in [-0.3, -0.25) is 4.79 Å². The molecule has 1 atom stereocenters. The van der Waals surface area contributed by atoms with Crippen molar-refractivity contribution in [1.29, 1.82) is 0 Å². The van der Waals surface area contributed by atoms with Gasteiger partial charge in [-0.1, -0.05) is 18.0 Å². The minimum Gasteiger partial charge on any atom is -0.326 e. The first kappa shape index (κ1) is 14.4. The molecular formula is C15H21ClN2O. The number of benzene rings is 1. The first-order valence-corrected chi connectivity index (χ1v) is 7.20. The van der Waals surface area contributed by atoms with Crippen molar-refractivity contribution >= 4 is 23.2 Å². The van der Waals surface area contributed by atoms with Gasteiger partial charge in [-0.05, 0) is 57.1 Å². The number of anilines is 1. The minimum absolute atomic E-state index is 0.0872. The van der Waals surface area contributed by atoms with E-state index < -0.39 is 0 Å². The molecule has 3 nitrogen and oxygen atoms in total. The average molecular weight is 281 g/mol. The smallest absolute Gasteiger partial charge is 0.225 e. The van der Waals surface area contributed by atoms with Crippen molar-refractivity contribution in [2.75, 3.05) is 18.9 Å². The number of piperidine rings is 1. The first-order chi connectivity index (χ1) is 9.06. The van der Waals surface area contributed by atoms with E-state index >= 15 is 0 Å². The molecule has 1 amide bonds. The van der Waals surface area contributed by atoms with Crippen LogP contribution in [-0.4, -0.2) is 30.4 Å². The Morgan fingerprint density at radius 3 is 2.95 bits per heavy atom. The van der Waals surface area contributed by atoms with Gasteiger partial charge in [0, 0.05) is 23.2 Å². The standard InChI is InChI=1S/C15H21ClN2O/c1-11-9-12(16)6-7-14(11)17-15(19)10-13-5-3-4-8-18(13)2/h6-7,9,13H,3-5,8,10H2,1-2H3,(H,17,19). The van der Waals surface area contributed by atoms with Crippen molar-refractivity contribution in [3.05, 3.63) is 28.8 Å². The maximum atomic E-state index is 12.1. The van der Waals surface area contributed by atoms with Gasteiger partial charge in [0.1, 0.15) is 0 Å². The lowest BCUT2D eigenvalue weighted by Crippen LogP contribution is -2.38. The molecule has 1 aliphatic heterocycles. The van der Waals surface area contributed by atoms with E-state index in [4.69, 9.17) is 11.6 Å². The second kappa shape index (κ2) is 6.40. The van der Waals surface area contributed by atoms with Gasteiger partial charge in [0.2, 0.25) is 5.91 Å². The van der Waals surface area contributed by atoms with E-state index in [9.17, 15) is 4.79 Å². The van der Waals surface area contributed by atoms with Gasteiger partial charge in [-0.2, -0.15) is 0 Å². The molecule has 1 aromatic carbocycles. The van der Waals surface area contributed by atoms with Crippen LogP contribution in [0.25, 0.3) is 0 Å². The van der Waals surface area contributed by atoms with Crippen molar-refractivity contribution < 1.29 is 4.79 Å². The lowest BCUT2D eigenvalue weighted by atomic mass is 10.00. The number of likely N-dealkylation sites (tertiary alicyclic amines) is 1. The zero-order chi connectivity index (χ0) is 13.8. The van der Waals surface area contributed by atoms with Gasteiger partial charge in [0.25, 0.3) is 0 Å². The molecular weight excluding hydrogens is 260 g/mol. The van der Waals surface area contributed by atoms with Gasteiger partial charge in [-0.25, -0.2) is 0 Å². The van der Waals surface area contributed by atoms with E-state index in [0.29, 0.717) is 17.5 Å². The number of halogens is 1. The first-order valence-electron chi connectivity index (χ1n) is 6.82. The zero-order valence-corrected chi connectivity index (χ0v) is 12.3. The summed E-state index contributed by atoms with van der Waals surface area (Å²) < 4.78 is 0. The quantitative estimate of drug-likeness (QED) is 0.920. The number of amides is 1. The summed E-state index contributed by atoms with van der Waals surface area (Å²) in [5.41, 5.74) is 1.85. The van der Waals surface area contributed by atoms with E-state index in [1.165, 1.54) is 12.8 Å². The molecule has 1 fully saturated rings. The second-order valence-corrected chi connectivity index (χ2v) is 5.78. The highest BCUT2D eigenvalue weighted by molar-refractivity contribution is 6.30. The molecule has 1 heterocycles. The van der Waals surface area contributed by atoms with E-state index in [0.717, 1.165) is 24.2 Å². The van der Waals surface area contributed by atoms with Gasteiger partial charge in [-0.15, -0.1) is 0 Å². The largest absolute Gasteiger partial charge is 0.326 e. The molecule has 104 valence electrons. The molecule has 19 heavy (non-hydrogen) atoms. The fourth-order valence-corrected chi connectivity index (χ4v) is 2.81. The Kier molecular flexibility index (Phi) is 4.83. The highest BCUT2D eigenvalue weighted by Crippen LogP contribution is 2.21. The summed E-state index contributed by atoms with van der Waals surface area (Å²) in [5, 5.41) is 3.68. The SMILES string of the molecule is Cc1cc(Cl)ccc1NC(=O)CC1CCCCN1C. The maximum absolute atomic E-state index is 12.1. The predicted molar refractivity (Wildman–Crippen MR) is 79.7 cm³/mol. The van der Waals surface area contributed by atoms with Crippen LogP contribution in [-0.2, 0) is 4.79 Å². The molecule has 0 saturated carbocycles. The van der Waals surface area contributed by atoms with Crippen molar-refractivity contribution in [3.63, 3.8) is 0 Å². The number of rotatable bonds is 3. The summed E-state index contributed by atoms with van der Waals surface area (Å²) in [6.07, 6.45) is 4.15. The molecule has 2 rings (SSSR count). The van der Waals surface area contributed by atoms with Gasteiger partial charge in [0.05, 0.1) is 0 Å².